The Hall–Kier alpha value is -4.34. The molecule has 1 atom stereocenters. The monoisotopic (exact) mass is 505 g/mol. The van der Waals surface area contributed by atoms with Crippen LogP contribution < -0.4 is 25.4 Å². The molecule has 0 fully saturated rings. The van der Waals surface area contributed by atoms with Crippen LogP contribution in [0.2, 0.25) is 0 Å². The van der Waals surface area contributed by atoms with Crippen LogP contribution in [0.1, 0.15) is 29.6 Å². The molecule has 1 aliphatic rings. The van der Waals surface area contributed by atoms with Crippen molar-refractivity contribution in [3.8, 4) is 22.9 Å². The molecule has 3 aromatic rings. The Bertz CT molecular complexity index is 1230. The average Bonchev–Trinajstić information content (AvgIpc) is 3.37. The standard InChI is InChI=1S/C27H31N5O5/c1-36-20-10-11-21-23(17-20)37-16-14-30-27(35)22(9-5-6-12-29-26(21)34)31-24(33)18-32-15-13-28-25(32)19-7-3-2-4-8-19/h2-4,7-8,10-11,13,15,17,22H,5-6,9,12,14,16,18H2,1H3,(H,29,34)(H,30,35)(H,31,33)/t22-/m0/s1. The Morgan fingerprint density at radius 1 is 1.14 bits per heavy atom. The summed E-state index contributed by atoms with van der Waals surface area (Å²) in [6, 6.07) is 13.9. The highest BCUT2D eigenvalue weighted by atomic mass is 16.5. The highest BCUT2D eigenvalue weighted by Gasteiger charge is 2.22. The van der Waals surface area contributed by atoms with Gasteiger partial charge in [0.25, 0.3) is 5.91 Å². The number of ether oxygens (including phenoxy) is 2. The number of aromatic nitrogens is 2. The average molecular weight is 506 g/mol. The first-order valence-electron chi connectivity index (χ1n) is 12.3. The minimum Gasteiger partial charge on any atom is -0.497 e. The zero-order chi connectivity index (χ0) is 26.0. The lowest BCUT2D eigenvalue weighted by Crippen LogP contribution is -2.48. The maximum atomic E-state index is 12.9. The van der Waals surface area contributed by atoms with Gasteiger partial charge in [-0.15, -0.1) is 0 Å². The second kappa shape index (κ2) is 12.6. The molecule has 2 aromatic carbocycles. The van der Waals surface area contributed by atoms with Gasteiger partial charge < -0.3 is 30.0 Å². The molecule has 0 saturated carbocycles. The summed E-state index contributed by atoms with van der Waals surface area (Å²) in [6.07, 6.45) is 5.12. The third-order valence-corrected chi connectivity index (χ3v) is 6.01. The summed E-state index contributed by atoms with van der Waals surface area (Å²) in [6.45, 7) is 0.826. The van der Waals surface area contributed by atoms with Crippen molar-refractivity contribution in [3.63, 3.8) is 0 Å². The van der Waals surface area contributed by atoms with E-state index in [2.05, 4.69) is 20.9 Å². The molecule has 4 rings (SSSR count). The lowest BCUT2D eigenvalue weighted by Gasteiger charge is -2.20. The van der Waals surface area contributed by atoms with Gasteiger partial charge in [0.2, 0.25) is 11.8 Å². The molecular formula is C27H31N5O5. The maximum absolute atomic E-state index is 12.9. The third-order valence-electron chi connectivity index (χ3n) is 6.01. The Kier molecular flexibility index (Phi) is 8.75. The molecule has 194 valence electrons. The fourth-order valence-corrected chi connectivity index (χ4v) is 4.11. The van der Waals surface area contributed by atoms with Gasteiger partial charge in [0.15, 0.2) is 0 Å². The van der Waals surface area contributed by atoms with Crippen molar-refractivity contribution in [1.82, 2.24) is 25.5 Å². The highest BCUT2D eigenvalue weighted by molar-refractivity contribution is 5.97. The van der Waals surface area contributed by atoms with Gasteiger partial charge in [0, 0.05) is 30.6 Å². The first-order chi connectivity index (χ1) is 18.0. The Balaban J connectivity index is 1.39. The topological polar surface area (TPSA) is 124 Å². The van der Waals surface area contributed by atoms with Gasteiger partial charge in [0.1, 0.15) is 36.5 Å². The largest absolute Gasteiger partial charge is 0.497 e. The van der Waals surface area contributed by atoms with E-state index in [0.717, 1.165) is 5.56 Å². The summed E-state index contributed by atoms with van der Waals surface area (Å²) >= 11 is 0. The van der Waals surface area contributed by atoms with Crippen molar-refractivity contribution in [2.45, 2.75) is 31.8 Å². The molecule has 0 bridgehead atoms. The van der Waals surface area contributed by atoms with Gasteiger partial charge in [-0.3, -0.25) is 14.4 Å². The molecule has 10 nitrogen and oxygen atoms in total. The van der Waals surface area contributed by atoms with E-state index in [1.165, 1.54) is 7.11 Å². The van der Waals surface area contributed by atoms with Crippen LogP contribution in [0.5, 0.6) is 11.5 Å². The van der Waals surface area contributed by atoms with E-state index in [0.29, 0.717) is 48.7 Å². The van der Waals surface area contributed by atoms with Gasteiger partial charge in [-0.05, 0) is 31.4 Å². The SMILES string of the molecule is COc1ccc2c(c1)OCCNC(=O)[C@@H](NC(=O)Cn1ccnc1-c1ccccc1)CCCCNC2=O. The van der Waals surface area contributed by atoms with Crippen molar-refractivity contribution >= 4 is 17.7 Å². The fourth-order valence-electron chi connectivity index (χ4n) is 4.11. The molecule has 2 heterocycles. The molecule has 37 heavy (non-hydrogen) atoms. The van der Waals surface area contributed by atoms with Gasteiger partial charge in [0.05, 0.1) is 19.2 Å². The molecule has 3 N–H and O–H groups in total. The van der Waals surface area contributed by atoms with Gasteiger partial charge in [-0.25, -0.2) is 4.98 Å². The summed E-state index contributed by atoms with van der Waals surface area (Å²) in [4.78, 5) is 42.8. The molecule has 10 heteroatoms. The summed E-state index contributed by atoms with van der Waals surface area (Å²) in [7, 11) is 1.54. The second-order valence-corrected chi connectivity index (χ2v) is 8.62. The summed E-state index contributed by atoms with van der Waals surface area (Å²) < 4.78 is 12.8. The highest BCUT2D eigenvalue weighted by Crippen LogP contribution is 2.25. The number of nitrogens with zero attached hydrogens (tertiary/aromatic N) is 2. The van der Waals surface area contributed by atoms with E-state index < -0.39 is 6.04 Å². The van der Waals surface area contributed by atoms with Crippen LogP contribution >= 0.6 is 0 Å². The first kappa shape index (κ1) is 25.7. The van der Waals surface area contributed by atoms with Crippen LogP contribution in [0.25, 0.3) is 11.4 Å². The van der Waals surface area contributed by atoms with Crippen LogP contribution in [0.3, 0.4) is 0 Å². The lowest BCUT2D eigenvalue weighted by molar-refractivity contribution is -0.129. The zero-order valence-corrected chi connectivity index (χ0v) is 20.7. The van der Waals surface area contributed by atoms with Gasteiger partial charge in [-0.2, -0.15) is 0 Å². The number of nitrogens with one attached hydrogen (secondary N) is 3. The van der Waals surface area contributed by atoms with E-state index in [4.69, 9.17) is 9.47 Å². The van der Waals surface area contributed by atoms with Crippen LogP contribution in [0.15, 0.2) is 60.9 Å². The number of fused-ring (bicyclic) bond motifs is 1. The smallest absolute Gasteiger partial charge is 0.255 e. The van der Waals surface area contributed by atoms with Crippen molar-refractivity contribution in [3.05, 3.63) is 66.5 Å². The summed E-state index contributed by atoms with van der Waals surface area (Å²) in [5, 5.41) is 8.58. The molecule has 0 radical (unpaired) electrons. The Morgan fingerprint density at radius 2 is 1.97 bits per heavy atom. The normalized spacial score (nSPS) is 16.8. The van der Waals surface area contributed by atoms with Crippen molar-refractivity contribution < 1.29 is 23.9 Å². The van der Waals surface area contributed by atoms with Crippen molar-refractivity contribution in [1.29, 1.82) is 0 Å². The minimum atomic E-state index is -0.706. The second-order valence-electron chi connectivity index (χ2n) is 8.62. The lowest BCUT2D eigenvalue weighted by atomic mass is 10.1. The summed E-state index contributed by atoms with van der Waals surface area (Å²) in [5.41, 5.74) is 1.31. The predicted molar refractivity (Wildman–Crippen MR) is 137 cm³/mol. The number of hydrogen-bond acceptors (Lipinski definition) is 6. The molecule has 0 aliphatic carbocycles. The number of carbonyl (C=O) groups excluding carboxylic acids is 3. The number of methoxy groups -OCH3 is 1. The number of amides is 3. The predicted octanol–water partition coefficient (Wildman–Crippen LogP) is 2.15. The zero-order valence-electron chi connectivity index (χ0n) is 20.7. The quantitative estimate of drug-likeness (QED) is 0.488. The molecular weight excluding hydrogens is 474 g/mol. The maximum Gasteiger partial charge on any atom is 0.255 e. The Morgan fingerprint density at radius 3 is 2.78 bits per heavy atom. The molecule has 1 aromatic heterocycles. The van der Waals surface area contributed by atoms with E-state index >= 15 is 0 Å². The minimum absolute atomic E-state index is 0.0335. The van der Waals surface area contributed by atoms with Crippen LogP contribution in [0.4, 0.5) is 0 Å². The molecule has 3 amide bonds. The van der Waals surface area contributed by atoms with E-state index in [-0.39, 0.29) is 37.4 Å². The Labute approximate surface area is 215 Å². The van der Waals surface area contributed by atoms with Crippen LogP contribution in [0, 0.1) is 0 Å². The van der Waals surface area contributed by atoms with Gasteiger partial charge >= 0.3 is 0 Å². The number of carbonyl (C=O) groups is 3. The molecule has 0 spiro atoms. The van der Waals surface area contributed by atoms with Gasteiger partial charge in [-0.1, -0.05) is 30.3 Å². The fraction of sp³-hybridized carbons (Fsp3) is 0.333. The van der Waals surface area contributed by atoms with E-state index in [9.17, 15) is 14.4 Å². The van der Waals surface area contributed by atoms with Crippen LogP contribution in [-0.4, -0.2) is 60.1 Å². The van der Waals surface area contributed by atoms with Crippen molar-refractivity contribution in [2.24, 2.45) is 0 Å². The third kappa shape index (κ3) is 6.87. The number of imidazole rings is 1. The first-order valence-corrected chi connectivity index (χ1v) is 12.3. The molecule has 0 unspecified atom stereocenters. The summed E-state index contributed by atoms with van der Waals surface area (Å²) in [5.74, 6) is 0.810. The number of benzene rings is 2. The number of hydrogen-bond donors (Lipinski definition) is 3. The van der Waals surface area contributed by atoms with E-state index in [1.807, 2.05) is 30.3 Å². The molecule has 0 saturated heterocycles. The van der Waals surface area contributed by atoms with E-state index in [1.54, 1.807) is 35.2 Å². The van der Waals surface area contributed by atoms with Crippen molar-refractivity contribution in [2.75, 3.05) is 26.8 Å². The number of rotatable bonds is 5. The molecule has 1 aliphatic heterocycles. The van der Waals surface area contributed by atoms with Crippen LogP contribution in [-0.2, 0) is 16.1 Å².